The van der Waals surface area contributed by atoms with Gasteiger partial charge in [-0.2, -0.15) is 0 Å². The third-order valence-corrected chi connectivity index (χ3v) is 7.61. The van der Waals surface area contributed by atoms with E-state index in [-0.39, 0.29) is 17.9 Å². The van der Waals surface area contributed by atoms with Gasteiger partial charge in [0.25, 0.3) is 5.91 Å². The molecule has 7 heteroatoms. The predicted molar refractivity (Wildman–Crippen MR) is 164 cm³/mol. The Balaban J connectivity index is 1.41. The summed E-state index contributed by atoms with van der Waals surface area (Å²) in [6.07, 6.45) is 4.63. The molecule has 2 heterocycles. The number of aromatic nitrogens is 3. The molecule has 0 aliphatic heterocycles. The lowest BCUT2D eigenvalue weighted by Crippen LogP contribution is -2.27. The summed E-state index contributed by atoms with van der Waals surface area (Å²) in [5.74, 6) is 0.528. The number of pyridine rings is 1. The Morgan fingerprint density at radius 2 is 1.66 bits per heavy atom. The fourth-order valence-corrected chi connectivity index (χ4v) is 5.44. The van der Waals surface area contributed by atoms with E-state index in [0.717, 1.165) is 49.5 Å². The third-order valence-electron chi connectivity index (χ3n) is 7.61. The number of amides is 2. The lowest BCUT2D eigenvalue weighted by atomic mass is 10.0. The molecule has 6 rings (SSSR count). The Bertz CT molecular complexity index is 1900. The van der Waals surface area contributed by atoms with Gasteiger partial charge in [0.05, 0.1) is 22.6 Å². The summed E-state index contributed by atoms with van der Waals surface area (Å²) in [6.45, 7) is 2.52. The van der Waals surface area contributed by atoms with Crippen LogP contribution in [-0.2, 0) is 11.3 Å². The van der Waals surface area contributed by atoms with Crippen molar-refractivity contribution in [3.05, 3.63) is 108 Å². The number of carbonyl (C=O) groups excluding carboxylic acids is 2. The molecule has 0 aliphatic rings. The predicted octanol–water partition coefficient (Wildman–Crippen LogP) is 6.42. The lowest BCUT2D eigenvalue weighted by molar-refractivity contribution is -0.120. The smallest absolute Gasteiger partial charge is 0.253 e. The molecule has 0 unspecified atom stereocenters. The van der Waals surface area contributed by atoms with Crippen LogP contribution >= 0.6 is 0 Å². The molecule has 0 fully saturated rings. The number of fused-ring (bicyclic) bond motifs is 3. The van der Waals surface area contributed by atoms with Gasteiger partial charge in [0.15, 0.2) is 0 Å². The van der Waals surface area contributed by atoms with Gasteiger partial charge in [-0.15, -0.1) is 0 Å². The van der Waals surface area contributed by atoms with E-state index in [1.54, 1.807) is 7.05 Å². The molecule has 2 aromatic heterocycles. The fraction of sp³-hybridized carbons (Fsp3) is 0.176. The molecule has 2 amide bonds. The summed E-state index contributed by atoms with van der Waals surface area (Å²) in [5, 5.41) is 10.2. The number of rotatable bonds is 8. The van der Waals surface area contributed by atoms with Gasteiger partial charge in [0.2, 0.25) is 5.91 Å². The average Bonchev–Trinajstić information content (AvgIpc) is 3.38. The van der Waals surface area contributed by atoms with Gasteiger partial charge in [0, 0.05) is 43.4 Å². The summed E-state index contributed by atoms with van der Waals surface area (Å²) < 4.78 is 2.07. The standard InChI is InChI=1S/C34H31N5O2/c1-22(24-17-16-23-9-3-4-10-25(23)19-24)37-34(41)28-13-7-14-30-32(28)39(18-8-15-31(40)35-2)33(38-30)29-21-36-20-26-11-5-6-12-27(26)29/h3-7,9-14,16-17,19-22H,8,15,18H2,1-2H3,(H,35,40)(H,37,41)/t22-/m1/s1. The van der Waals surface area contributed by atoms with E-state index in [0.29, 0.717) is 24.9 Å². The Labute approximate surface area is 238 Å². The molecule has 4 aromatic carbocycles. The van der Waals surface area contributed by atoms with E-state index in [4.69, 9.17) is 4.98 Å². The summed E-state index contributed by atoms with van der Waals surface area (Å²) in [7, 11) is 1.64. The number of carbonyl (C=O) groups is 2. The molecule has 6 aromatic rings. The summed E-state index contributed by atoms with van der Waals surface area (Å²) in [6, 6.07) is 28.0. The van der Waals surface area contributed by atoms with E-state index >= 15 is 0 Å². The van der Waals surface area contributed by atoms with E-state index in [1.807, 2.05) is 67.8 Å². The second-order valence-electron chi connectivity index (χ2n) is 10.2. The van der Waals surface area contributed by atoms with Crippen LogP contribution in [0.2, 0.25) is 0 Å². The molecule has 0 aliphatic carbocycles. The van der Waals surface area contributed by atoms with E-state index < -0.39 is 0 Å². The third kappa shape index (κ3) is 5.14. The van der Waals surface area contributed by atoms with Crippen LogP contribution in [0.4, 0.5) is 0 Å². The molecule has 41 heavy (non-hydrogen) atoms. The van der Waals surface area contributed by atoms with Gasteiger partial charge >= 0.3 is 0 Å². The maximum atomic E-state index is 13.8. The zero-order chi connectivity index (χ0) is 28.3. The average molecular weight is 542 g/mol. The summed E-state index contributed by atoms with van der Waals surface area (Å²) in [4.78, 5) is 35.3. The van der Waals surface area contributed by atoms with Gasteiger partial charge in [-0.1, -0.05) is 66.7 Å². The number of hydrogen-bond donors (Lipinski definition) is 2. The van der Waals surface area contributed by atoms with Crippen LogP contribution in [0.1, 0.15) is 41.7 Å². The maximum absolute atomic E-state index is 13.8. The number of para-hydroxylation sites is 1. The monoisotopic (exact) mass is 541 g/mol. The minimum atomic E-state index is -0.200. The summed E-state index contributed by atoms with van der Waals surface area (Å²) in [5.41, 5.74) is 3.93. The van der Waals surface area contributed by atoms with Gasteiger partial charge in [-0.05, 0) is 53.3 Å². The zero-order valence-corrected chi connectivity index (χ0v) is 23.1. The molecular weight excluding hydrogens is 510 g/mol. The van der Waals surface area contributed by atoms with Crippen LogP contribution in [0.3, 0.4) is 0 Å². The quantitative estimate of drug-likeness (QED) is 0.233. The molecule has 0 spiro atoms. The first kappa shape index (κ1) is 26.2. The van der Waals surface area contributed by atoms with Crippen molar-refractivity contribution in [1.29, 1.82) is 0 Å². The van der Waals surface area contributed by atoms with E-state index in [1.165, 1.54) is 0 Å². The van der Waals surface area contributed by atoms with Crippen molar-refractivity contribution in [1.82, 2.24) is 25.2 Å². The topological polar surface area (TPSA) is 88.9 Å². The number of imidazole rings is 1. The molecule has 7 nitrogen and oxygen atoms in total. The number of hydrogen-bond acceptors (Lipinski definition) is 4. The van der Waals surface area contributed by atoms with Crippen LogP contribution < -0.4 is 10.6 Å². The highest BCUT2D eigenvalue weighted by atomic mass is 16.2. The van der Waals surface area contributed by atoms with E-state index in [9.17, 15) is 9.59 Å². The molecule has 2 N–H and O–H groups in total. The van der Waals surface area contributed by atoms with Crippen LogP contribution in [0.25, 0.3) is 44.0 Å². The van der Waals surface area contributed by atoms with Crippen molar-refractivity contribution < 1.29 is 9.59 Å². The molecule has 1 atom stereocenters. The highest BCUT2D eigenvalue weighted by molar-refractivity contribution is 6.06. The number of nitrogens with one attached hydrogen (secondary N) is 2. The number of aryl methyl sites for hydroxylation is 1. The van der Waals surface area contributed by atoms with Gasteiger partial charge in [0.1, 0.15) is 5.82 Å². The minimum absolute atomic E-state index is 0.0232. The number of nitrogens with zero attached hydrogens (tertiary/aromatic N) is 3. The Morgan fingerprint density at radius 3 is 2.49 bits per heavy atom. The first-order valence-electron chi connectivity index (χ1n) is 13.9. The second-order valence-corrected chi connectivity index (χ2v) is 10.2. The first-order chi connectivity index (χ1) is 20.0. The molecule has 0 saturated heterocycles. The first-order valence-corrected chi connectivity index (χ1v) is 13.9. The van der Waals surface area contributed by atoms with Crippen molar-refractivity contribution in [3.63, 3.8) is 0 Å². The molecular formula is C34H31N5O2. The lowest BCUT2D eigenvalue weighted by Gasteiger charge is -2.17. The summed E-state index contributed by atoms with van der Waals surface area (Å²) >= 11 is 0. The Morgan fingerprint density at radius 1 is 0.878 bits per heavy atom. The normalized spacial score (nSPS) is 12.0. The molecule has 204 valence electrons. The van der Waals surface area contributed by atoms with Crippen molar-refractivity contribution >= 4 is 44.4 Å². The Kier molecular flexibility index (Phi) is 7.17. The SMILES string of the molecule is CNC(=O)CCCn1c(-c2cncc3ccccc23)nc2cccc(C(=O)N[C@H](C)c3ccc4ccccc4c3)c21. The van der Waals surface area contributed by atoms with Crippen LogP contribution in [-0.4, -0.2) is 33.4 Å². The molecule has 0 bridgehead atoms. The van der Waals surface area contributed by atoms with Crippen LogP contribution in [0.5, 0.6) is 0 Å². The largest absolute Gasteiger partial charge is 0.359 e. The second kappa shape index (κ2) is 11.2. The Hall–Kier alpha value is -5.04. The van der Waals surface area contributed by atoms with Gasteiger partial charge < -0.3 is 15.2 Å². The van der Waals surface area contributed by atoms with Gasteiger partial charge in [-0.25, -0.2) is 4.98 Å². The highest BCUT2D eigenvalue weighted by Gasteiger charge is 2.22. The molecule has 0 saturated carbocycles. The zero-order valence-electron chi connectivity index (χ0n) is 23.1. The van der Waals surface area contributed by atoms with Gasteiger partial charge in [-0.3, -0.25) is 14.6 Å². The maximum Gasteiger partial charge on any atom is 0.253 e. The van der Waals surface area contributed by atoms with Crippen molar-refractivity contribution in [3.8, 4) is 11.4 Å². The van der Waals surface area contributed by atoms with E-state index in [2.05, 4.69) is 56.6 Å². The van der Waals surface area contributed by atoms with Crippen LogP contribution in [0, 0.1) is 0 Å². The highest BCUT2D eigenvalue weighted by Crippen LogP contribution is 2.32. The fourth-order valence-electron chi connectivity index (χ4n) is 5.44. The van der Waals surface area contributed by atoms with Crippen molar-refractivity contribution in [2.45, 2.75) is 32.4 Å². The minimum Gasteiger partial charge on any atom is -0.359 e. The van der Waals surface area contributed by atoms with Crippen molar-refractivity contribution in [2.24, 2.45) is 0 Å². The van der Waals surface area contributed by atoms with Crippen LogP contribution in [0.15, 0.2) is 97.3 Å². The number of benzene rings is 4. The van der Waals surface area contributed by atoms with Crippen molar-refractivity contribution in [2.75, 3.05) is 7.05 Å². The molecule has 0 radical (unpaired) electrons.